The summed E-state index contributed by atoms with van der Waals surface area (Å²) in [6.45, 7) is 6.59. The van der Waals surface area contributed by atoms with Crippen LogP contribution in [0.5, 0.6) is 0 Å². The number of nitrogens with one attached hydrogen (secondary N) is 3. The number of hydrazine groups is 1. The number of aryl methyl sites for hydroxylation is 1. The lowest BCUT2D eigenvalue weighted by molar-refractivity contribution is 0.149. The second-order valence-corrected chi connectivity index (χ2v) is 8.80. The van der Waals surface area contributed by atoms with Gasteiger partial charge >= 0.3 is 0 Å². The number of halogens is 1. The van der Waals surface area contributed by atoms with E-state index >= 15 is 0 Å². The summed E-state index contributed by atoms with van der Waals surface area (Å²) < 4.78 is 0. The van der Waals surface area contributed by atoms with Crippen LogP contribution in [0.3, 0.4) is 0 Å². The van der Waals surface area contributed by atoms with E-state index in [0.29, 0.717) is 26.9 Å². The highest BCUT2D eigenvalue weighted by Gasteiger charge is 2.49. The Balaban J connectivity index is 1.73. The molecule has 3 heterocycles. The van der Waals surface area contributed by atoms with Crippen LogP contribution in [0.4, 0.5) is 0 Å². The molecule has 1 spiro atoms. The molecule has 0 saturated carbocycles. The second kappa shape index (κ2) is 6.46. The van der Waals surface area contributed by atoms with Gasteiger partial charge in [-0.05, 0) is 62.7 Å². The van der Waals surface area contributed by atoms with E-state index in [1.165, 1.54) is 30.5 Å². The quantitative estimate of drug-likeness (QED) is 0.702. The Hall–Kier alpha value is -0.290. The Morgan fingerprint density at radius 1 is 1.42 bits per heavy atom. The predicted molar refractivity (Wildman–Crippen MR) is 100 cm³/mol. The minimum atomic E-state index is 0.238. The van der Waals surface area contributed by atoms with Crippen LogP contribution >= 0.6 is 20.5 Å². The van der Waals surface area contributed by atoms with E-state index in [0.717, 1.165) is 23.8 Å². The molecule has 3 N–H and O–H groups in total. The lowest BCUT2D eigenvalue weighted by Gasteiger charge is -2.36. The number of hydrogen-bond acceptors (Lipinski definition) is 5. The molecular formula is C17H27ClN5P. The molecule has 1 aromatic heterocycles. The molecule has 4 unspecified atom stereocenters. The third-order valence-electron chi connectivity index (χ3n) is 6.26. The van der Waals surface area contributed by atoms with Crippen molar-refractivity contribution in [3.8, 4) is 0 Å². The molecule has 5 nitrogen and oxygen atoms in total. The van der Waals surface area contributed by atoms with Crippen molar-refractivity contribution < 1.29 is 0 Å². The van der Waals surface area contributed by atoms with Crippen molar-refractivity contribution in [2.45, 2.75) is 50.6 Å². The van der Waals surface area contributed by atoms with Crippen molar-refractivity contribution in [2.24, 2.45) is 5.92 Å². The first-order valence-electron chi connectivity index (χ1n) is 8.89. The van der Waals surface area contributed by atoms with Gasteiger partial charge in [-0.3, -0.25) is 10.1 Å². The van der Waals surface area contributed by atoms with Crippen molar-refractivity contribution in [3.05, 3.63) is 28.0 Å². The van der Waals surface area contributed by atoms with Gasteiger partial charge in [0.15, 0.2) is 0 Å². The zero-order valence-electron chi connectivity index (χ0n) is 14.6. The van der Waals surface area contributed by atoms with Gasteiger partial charge < -0.3 is 5.32 Å². The van der Waals surface area contributed by atoms with Crippen LogP contribution in [0.15, 0.2) is 6.07 Å². The summed E-state index contributed by atoms with van der Waals surface area (Å²) in [5.74, 6) is 1.01. The molecule has 7 heteroatoms. The van der Waals surface area contributed by atoms with Crippen LogP contribution in [0.25, 0.3) is 0 Å². The maximum atomic E-state index is 6.47. The molecular weight excluding hydrogens is 341 g/mol. The van der Waals surface area contributed by atoms with Gasteiger partial charge in [-0.1, -0.05) is 18.5 Å². The van der Waals surface area contributed by atoms with Crippen LogP contribution in [0.1, 0.15) is 49.1 Å². The van der Waals surface area contributed by atoms with Gasteiger partial charge in [-0.25, -0.2) is 10.2 Å². The highest BCUT2D eigenvalue weighted by molar-refractivity contribution is 7.33. The molecule has 4 atom stereocenters. The van der Waals surface area contributed by atoms with Crippen molar-refractivity contribution in [3.63, 3.8) is 0 Å². The molecule has 2 aliphatic heterocycles. The van der Waals surface area contributed by atoms with E-state index in [2.05, 4.69) is 40.6 Å². The SMILES string of the molecule is Cc1nc2c(cc1Cl)C(C(C)C1NPNN1C)CC21CCNCC1. The lowest BCUT2D eigenvalue weighted by atomic mass is 9.74. The third-order valence-corrected chi connectivity index (χ3v) is 7.54. The minimum Gasteiger partial charge on any atom is -0.317 e. The second-order valence-electron chi connectivity index (χ2n) is 7.63. The Bertz CT molecular complexity index is 634. The summed E-state index contributed by atoms with van der Waals surface area (Å²) in [4.78, 5) is 5.00. The number of piperidine rings is 1. The standard InChI is InChI=1S/C17H27ClN5P/c1-10(16-21-24-22-23(16)3)13-9-17(4-6-19-7-5-17)15-12(13)8-14(18)11(2)20-15/h8,10,13,16,19,21-22,24H,4-7,9H2,1-3H3. The van der Waals surface area contributed by atoms with Gasteiger partial charge in [0.2, 0.25) is 0 Å². The van der Waals surface area contributed by atoms with E-state index < -0.39 is 0 Å². The number of pyridine rings is 1. The normalized spacial score (nSPS) is 31.7. The Morgan fingerprint density at radius 3 is 2.83 bits per heavy atom. The minimum absolute atomic E-state index is 0.238. The summed E-state index contributed by atoms with van der Waals surface area (Å²) in [7, 11) is 2.73. The third kappa shape index (κ3) is 2.70. The van der Waals surface area contributed by atoms with Gasteiger partial charge in [0.25, 0.3) is 0 Å². The molecule has 0 aromatic carbocycles. The Kier molecular flexibility index (Phi) is 4.61. The number of hydrogen-bond donors (Lipinski definition) is 3. The zero-order chi connectivity index (χ0) is 16.9. The van der Waals surface area contributed by atoms with E-state index in [4.69, 9.17) is 16.6 Å². The molecule has 1 aromatic rings. The van der Waals surface area contributed by atoms with Crippen LogP contribution < -0.4 is 15.6 Å². The fourth-order valence-electron chi connectivity index (χ4n) is 4.81. The average molecular weight is 368 g/mol. The Labute approximate surface area is 151 Å². The first-order chi connectivity index (χ1) is 11.5. The lowest BCUT2D eigenvalue weighted by Crippen LogP contribution is -2.43. The molecule has 4 rings (SSSR count). The summed E-state index contributed by atoms with van der Waals surface area (Å²) in [6, 6.07) is 2.21. The van der Waals surface area contributed by atoms with Gasteiger partial charge in [-0.15, -0.1) is 0 Å². The monoisotopic (exact) mass is 367 g/mol. The van der Waals surface area contributed by atoms with Crippen molar-refractivity contribution in [1.82, 2.24) is 25.6 Å². The van der Waals surface area contributed by atoms with Gasteiger partial charge in [0, 0.05) is 21.3 Å². The number of fused-ring (bicyclic) bond motifs is 2. The summed E-state index contributed by atoms with van der Waals surface area (Å²) in [5.41, 5.74) is 3.94. The van der Waals surface area contributed by atoms with Crippen molar-refractivity contribution >= 4 is 20.5 Å². The molecule has 0 bridgehead atoms. The number of nitrogens with zero attached hydrogens (tertiary/aromatic N) is 2. The highest BCUT2D eigenvalue weighted by Crippen LogP contribution is 2.54. The molecule has 3 aliphatic rings. The number of aromatic nitrogens is 1. The first kappa shape index (κ1) is 17.1. The zero-order valence-corrected chi connectivity index (χ0v) is 16.4. The van der Waals surface area contributed by atoms with Crippen LogP contribution in [-0.4, -0.2) is 36.3 Å². The predicted octanol–water partition coefficient (Wildman–Crippen LogP) is 2.66. The average Bonchev–Trinajstić information content (AvgIpc) is 3.12. The Morgan fingerprint density at radius 2 is 2.17 bits per heavy atom. The fraction of sp³-hybridized carbons (Fsp3) is 0.706. The van der Waals surface area contributed by atoms with E-state index in [9.17, 15) is 0 Å². The van der Waals surface area contributed by atoms with Gasteiger partial charge in [0.05, 0.1) is 22.6 Å². The van der Waals surface area contributed by atoms with Crippen LogP contribution in [-0.2, 0) is 5.41 Å². The van der Waals surface area contributed by atoms with E-state index in [-0.39, 0.29) is 5.41 Å². The topological polar surface area (TPSA) is 52.2 Å². The van der Waals surface area contributed by atoms with E-state index in [1.54, 1.807) is 0 Å². The first-order valence-corrected chi connectivity index (χ1v) is 10.3. The van der Waals surface area contributed by atoms with Gasteiger partial charge in [0.1, 0.15) is 0 Å². The van der Waals surface area contributed by atoms with Gasteiger partial charge in [-0.2, -0.15) is 0 Å². The molecule has 0 radical (unpaired) electrons. The summed E-state index contributed by atoms with van der Waals surface area (Å²) >= 11 is 6.47. The smallest absolute Gasteiger partial charge is 0.0804 e. The number of rotatable bonds is 2. The molecule has 2 saturated heterocycles. The van der Waals surface area contributed by atoms with Crippen LogP contribution in [0.2, 0.25) is 5.02 Å². The molecule has 1 aliphatic carbocycles. The van der Waals surface area contributed by atoms with Crippen molar-refractivity contribution in [1.29, 1.82) is 0 Å². The molecule has 132 valence electrons. The largest absolute Gasteiger partial charge is 0.317 e. The molecule has 24 heavy (non-hydrogen) atoms. The van der Waals surface area contributed by atoms with Crippen LogP contribution in [0, 0.1) is 12.8 Å². The summed E-state index contributed by atoms with van der Waals surface area (Å²) in [6.07, 6.45) is 3.93. The molecule has 0 amide bonds. The maximum absolute atomic E-state index is 6.47. The summed E-state index contributed by atoms with van der Waals surface area (Å²) in [5, 5.41) is 13.5. The van der Waals surface area contributed by atoms with Crippen molar-refractivity contribution in [2.75, 3.05) is 20.1 Å². The molecule has 2 fully saturated rings. The highest BCUT2D eigenvalue weighted by atomic mass is 35.5. The maximum Gasteiger partial charge on any atom is 0.0804 e. The van der Waals surface area contributed by atoms with E-state index in [1.807, 2.05) is 6.92 Å². The fourth-order valence-corrected chi connectivity index (χ4v) is 5.95.